The molecule has 106 valence electrons. The van der Waals surface area contributed by atoms with Crippen LogP contribution in [0, 0.1) is 0 Å². The molecule has 0 aromatic heterocycles. The lowest BCUT2D eigenvalue weighted by Crippen LogP contribution is -2.34. The first-order valence-corrected chi connectivity index (χ1v) is 6.49. The van der Waals surface area contributed by atoms with Crippen LogP contribution in [0.1, 0.15) is 25.3 Å². The molecular formula is C14H23N3O2. The molecule has 1 aromatic carbocycles. The van der Waals surface area contributed by atoms with Gasteiger partial charge in [0.25, 0.3) is 0 Å². The quantitative estimate of drug-likeness (QED) is 0.695. The van der Waals surface area contributed by atoms with Crippen LogP contribution in [0.3, 0.4) is 0 Å². The lowest BCUT2D eigenvalue weighted by molar-refractivity contribution is -0.119. The van der Waals surface area contributed by atoms with E-state index in [1.165, 1.54) is 0 Å². The molecule has 0 bridgehead atoms. The topological polar surface area (TPSA) is 81.6 Å². The van der Waals surface area contributed by atoms with Gasteiger partial charge in [0.2, 0.25) is 5.91 Å². The Balaban J connectivity index is 2.71. The van der Waals surface area contributed by atoms with Gasteiger partial charge in [-0.05, 0) is 30.7 Å². The predicted molar refractivity (Wildman–Crippen MR) is 76.8 cm³/mol. The summed E-state index contributed by atoms with van der Waals surface area (Å²) in [5.41, 5.74) is 12.8. The monoisotopic (exact) mass is 265 g/mol. The van der Waals surface area contributed by atoms with Crippen molar-refractivity contribution in [2.45, 2.75) is 26.3 Å². The van der Waals surface area contributed by atoms with Crippen LogP contribution in [-0.4, -0.2) is 31.0 Å². The number of unbranched alkanes of at least 4 members (excludes halogenated alkanes) is 1. The number of rotatable bonds is 8. The van der Waals surface area contributed by atoms with Crippen molar-refractivity contribution in [2.75, 3.05) is 25.9 Å². The van der Waals surface area contributed by atoms with Gasteiger partial charge < -0.3 is 16.2 Å². The van der Waals surface area contributed by atoms with Crippen molar-refractivity contribution in [1.82, 2.24) is 4.90 Å². The number of amides is 1. The third-order valence-electron chi connectivity index (χ3n) is 2.91. The zero-order valence-electron chi connectivity index (χ0n) is 11.7. The highest BCUT2D eigenvalue weighted by Crippen LogP contribution is 2.22. The van der Waals surface area contributed by atoms with E-state index in [-0.39, 0.29) is 12.5 Å². The number of nitrogens with two attached hydrogens (primary N) is 2. The summed E-state index contributed by atoms with van der Waals surface area (Å²) in [6, 6.07) is 5.67. The number of hydrogen-bond acceptors (Lipinski definition) is 4. The maximum atomic E-state index is 11.1. The second-order valence-electron chi connectivity index (χ2n) is 4.61. The molecule has 0 fully saturated rings. The van der Waals surface area contributed by atoms with Crippen molar-refractivity contribution in [3.8, 4) is 5.75 Å². The van der Waals surface area contributed by atoms with Crippen LogP contribution < -0.4 is 16.2 Å². The number of ether oxygens (including phenoxy) is 1. The van der Waals surface area contributed by atoms with E-state index in [0.29, 0.717) is 18.0 Å². The first-order chi connectivity index (χ1) is 9.06. The fourth-order valence-corrected chi connectivity index (χ4v) is 1.96. The van der Waals surface area contributed by atoms with Gasteiger partial charge in [-0.25, -0.2) is 0 Å². The van der Waals surface area contributed by atoms with Crippen LogP contribution in [0.25, 0.3) is 0 Å². The second kappa shape index (κ2) is 7.63. The first-order valence-electron chi connectivity index (χ1n) is 6.49. The van der Waals surface area contributed by atoms with E-state index in [4.69, 9.17) is 16.2 Å². The van der Waals surface area contributed by atoms with Crippen LogP contribution in [0.5, 0.6) is 5.75 Å². The molecule has 1 rings (SSSR count). The van der Waals surface area contributed by atoms with Gasteiger partial charge in [-0.15, -0.1) is 0 Å². The predicted octanol–water partition coefficient (Wildman–Crippen LogP) is 1.36. The molecule has 0 heterocycles. The summed E-state index contributed by atoms with van der Waals surface area (Å²) < 4.78 is 5.12. The summed E-state index contributed by atoms with van der Waals surface area (Å²) in [5, 5.41) is 0. The molecule has 5 nitrogen and oxygen atoms in total. The molecule has 0 aliphatic carbocycles. The lowest BCUT2D eigenvalue weighted by Gasteiger charge is -2.21. The Morgan fingerprint density at radius 2 is 2.16 bits per heavy atom. The Hall–Kier alpha value is -1.75. The van der Waals surface area contributed by atoms with Crippen LogP contribution in [0.4, 0.5) is 5.69 Å². The third-order valence-corrected chi connectivity index (χ3v) is 2.91. The third kappa shape index (κ3) is 5.18. The van der Waals surface area contributed by atoms with Gasteiger partial charge in [0.1, 0.15) is 5.75 Å². The number of anilines is 1. The molecule has 0 aliphatic rings. The fourth-order valence-electron chi connectivity index (χ4n) is 1.96. The number of benzene rings is 1. The number of nitrogen functional groups attached to an aromatic ring is 1. The van der Waals surface area contributed by atoms with Gasteiger partial charge in [-0.1, -0.05) is 19.4 Å². The summed E-state index contributed by atoms with van der Waals surface area (Å²) in [6.45, 7) is 3.91. The van der Waals surface area contributed by atoms with E-state index in [1.54, 1.807) is 7.11 Å². The maximum absolute atomic E-state index is 11.1. The number of nitrogens with zero attached hydrogens (tertiary/aromatic N) is 1. The Morgan fingerprint density at radius 1 is 1.42 bits per heavy atom. The summed E-state index contributed by atoms with van der Waals surface area (Å²) in [6.07, 6.45) is 2.12. The van der Waals surface area contributed by atoms with Crippen molar-refractivity contribution in [2.24, 2.45) is 5.73 Å². The minimum Gasteiger partial charge on any atom is -0.495 e. The van der Waals surface area contributed by atoms with Crippen LogP contribution in [0.15, 0.2) is 18.2 Å². The van der Waals surface area contributed by atoms with Crippen molar-refractivity contribution in [3.05, 3.63) is 23.8 Å². The van der Waals surface area contributed by atoms with Gasteiger partial charge in [-0.2, -0.15) is 0 Å². The number of methoxy groups -OCH3 is 1. The van der Waals surface area contributed by atoms with Crippen LogP contribution >= 0.6 is 0 Å². The molecule has 0 unspecified atom stereocenters. The summed E-state index contributed by atoms with van der Waals surface area (Å²) in [4.78, 5) is 13.1. The van der Waals surface area contributed by atoms with Gasteiger partial charge in [0.15, 0.2) is 0 Å². The summed E-state index contributed by atoms with van der Waals surface area (Å²) >= 11 is 0. The van der Waals surface area contributed by atoms with Gasteiger partial charge in [0.05, 0.1) is 19.3 Å². The molecule has 0 saturated heterocycles. The molecule has 1 amide bonds. The molecule has 0 aliphatic heterocycles. The second-order valence-corrected chi connectivity index (χ2v) is 4.61. The normalized spacial score (nSPS) is 10.7. The average Bonchev–Trinajstić information content (AvgIpc) is 2.35. The van der Waals surface area contributed by atoms with E-state index in [2.05, 4.69) is 6.92 Å². The van der Waals surface area contributed by atoms with E-state index in [9.17, 15) is 4.79 Å². The molecule has 5 heteroatoms. The SMILES string of the molecule is CCCCN(CC(N)=O)Cc1ccc(OC)c(N)c1. The maximum Gasteiger partial charge on any atom is 0.231 e. The highest BCUT2D eigenvalue weighted by Gasteiger charge is 2.10. The standard InChI is InChI=1S/C14H23N3O2/c1-3-4-7-17(10-14(16)18)9-11-5-6-13(19-2)12(15)8-11/h5-6,8H,3-4,7,9-10,15H2,1-2H3,(H2,16,18). The largest absolute Gasteiger partial charge is 0.495 e. The van der Waals surface area contributed by atoms with Crippen molar-refractivity contribution in [1.29, 1.82) is 0 Å². The van der Waals surface area contributed by atoms with Crippen molar-refractivity contribution >= 4 is 11.6 Å². The minimum atomic E-state index is -0.308. The van der Waals surface area contributed by atoms with Crippen molar-refractivity contribution in [3.63, 3.8) is 0 Å². The number of hydrogen-bond donors (Lipinski definition) is 2. The Labute approximate surface area is 114 Å². The average molecular weight is 265 g/mol. The summed E-state index contributed by atoms with van der Waals surface area (Å²) in [7, 11) is 1.59. The smallest absolute Gasteiger partial charge is 0.231 e. The number of primary amides is 1. The molecule has 0 radical (unpaired) electrons. The lowest BCUT2D eigenvalue weighted by atomic mass is 10.1. The molecule has 4 N–H and O–H groups in total. The van der Waals surface area contributed by atoms with Crippen molar-refractivity contribution < 1.29 is 9.53 Å². The van der Waals surface area contributed by atoms with Gasteiger partial charge in [0, 0.05) is 6.54 Å². The van der Waals surface area contributed by atoms with E-state index < -0.39 is 0 Å². The zero-order valence-corrected chi connectivity index (χ0v) is 11.7. The number of carbonyl (C=O) groups excluding carboxylic acids is 1. The molecule has 1 aromatic rings. The zero-order chi connectivity index (χ0) is 14.3. The fraction of sp³-hybridized carbons (Fsp3) is 0.500. The van der Waals surface area contributed by atoms with Crippen LogP contribution in [0.2, 0.25) is 0 Å². The highest BCUT2D eigenvalue weighted by molar-refractivity contribution is 5.75. The van der Waals surface area contributed by atoms with Gasteiger partial charge >= 0.3 is 0 Å². The summed E-state index contributed by atoms with van der Waals surface area (Å²) in [5.74, 6) is 0.358. The molecular weight excluding hydrogens is 242 g/mol. The molecule has 19 heavy (non-hydrogen) atoms. The van der Waals surface area contributed by atoms with Crippen LogP contribution in [-0.2, 0) is 11.3 Å². The van der Waals surface area contributed by atoms with E-state index in [1.807, 2.05) is 23.1 Å². The van der Waals surface area contributed by atoms with E-state index >= 15 is 0 Å². The highest BCUT2D eigenvalue weighted by atomic mass is 16.5. The minimum absolute atomic E-state index is 0.270. The Morgan fingerprint density at radius 3 is 2.68 bits per heavy atom. The first kappa shape index (κ1) is 15.3. The molecule has 0 saturated carbocycles. The Bertz CT molecular complexity index is 421. The number of carbonyl (C=O) groups is 1. The molecule has 0 spiro atoms. The van der Waals surface area contributed by atoms with Gasteiger partial charge in [-0.3, -0.25) is 9.69 Å². The van der Waals surface area contributed by atoms with E-state index in [0.717, 1.165) is 24.9 Å². The molecule has 0 atom stereocenters. The Kier molecular flexibility index (Phi) is 6.15.